The maximum absolute atomic E-state index is 2.47. The average molecular weight is 575 g/mol. The summed E-state index contributed by atoms with van der Waals surface area (Å²) < 4.78 is 4.89. The molecule has 2 heterocycles. The normalized spacial score (nSPS) is 13.2. The van der Waals surface area contributed by atoms with Gasteiger partial charge in [0.05, 0.1) is 22.1 Å². The van der Waals surface area contributed by atoms with Crippen LogP contribution in [0.5, 0.6) is 0 Å². The smallest absolute Gasteiger partial charge is 0.0561 e. The summed E-state index contributed by atoms with van der Waals surface area (Å²) in [6.07, 6.45) is 6.89. The molecular formula is C43H30N2. The molecule has 0 unspecified atom stereocenters. The van der Waals surface area contributed by atoms with Crippen LogP contribution >= 0.6 is 0 Å². The maximum Gasteiger partial charge on any atom is 0.0561 e. The second-order valence-corrected chi connectivity index (χ2v) is 12.5. The Morgan fingerprint density at radius 2 is 1.02 bits per heavy atom. The Morgan fingerprint density at radius 1 is 0.467 bits per heavy atom. The molecule has 0 saturated heterocycles. The standard InChI is InChI=1S/C43H30N2/c1-27-11-10-17-36-30-12-2-3-13-31(30)38-25-28(22-24-37(38)43(27)36)45-41-20-9-6-16-34(41)35-23-21-29(26-42(35)45)44-39-18-7-4-14-32(39)33-15-5-8-19-40(33)44/h3-11,13-26H,2,12H2,1H3. The van der Waals surface area contributed by atoms with Crippen LogP contribution in [-0.2, 0) is 6.42 Å². The Morgan fingerprint density at radius 3 is 1.71 bits per heavy atom. The van der Waals surface area contributed by atoms with Crippen LogP contribution in [-0.4, -0.2) is 9.13 Å². The lowest BCUT2D eigenvalue weighted by Crippen LogP contribution is -2.00. The van der Waals surface area contributed by atoms with Crippen molar-refractivity contribution in [1.29, 1.82) is 0 Å². The molecular weight excluding hydrogens is 544 g/mol. The minimum Gasteiger partial charge on any atom is -0.309 e. The summed E-state index contributed by atoms with van der Waals surface area (Å²) >= 11 is 0. The van der Waals surface area contributed by atoms with Crippen LogP contribution in [0.25, 0.3) is 82.6 Å². The number of aromatic nitrogens is 2. The van der Waals surface area contributed by atoms with Gasteiger partial charge in [-0.15, -0.1) is 0 Å². The minimum absolute atomic E-state index is 1.09. The molecule has 0 radical (unpaired) electrons. The van der Waals surface area contributed by atoms with E-state index in [1.807, 2.05) is 0 Å². The Labute approximate surface area is 261 Å². The quantitative estimate of drug-likeness (QED) is 0.182. The lowest BCUT2D eigenvalue weighted by atomic mass is 9.85. The van der Waals surface area contributed by atoms with Gasteiger partial charge < -0.3 is 9.13 Å². The van der Waals surface area contributed by atoms with E-state index in [0.29, 0.717) is 0 Å². The molecule has 1 aliphatic carbocycles. The van der Waals surface area contributed by atoms with Gasteiger partial charge in [-0.2, -0.15) is 0 Å². The van der Waals surface area contributed by atoms with Crippen LogP contribution in [0.2, 0.25) is 0 Å². The number of aryl methyl sites for hydroxylation is 2. The number of hydrogen-bond donors (Lipinski definition) is 0. The summed E-state index contributed by atoms with van der Waals surface area (Å²) in [5.74, 6) is 0. The van der Waals surface area contributed by atoms with Gasteiger partial charge >= 0.3 is 0 Å². The third kappa shape index (κ3) is 3.40. The predicted octanol–water partition coefficient (Wildman–Crippen LogP) is 11.5. The predicted molar refractivity (Wildman–Crippen MR) is 192 cm³/mol. The summed E-state index contributed by atoms with van der Waals surface area (Å²) in [7, 11) is 0. The van der Waals surface area contributed by atoms with E-state index in [1.54, 1.807) is 0 Å². The summed E-state index contributed by atoms with van der Waals surface area (Å²) in [4.78, 5) is 0. The van der Waals surface area contributed by atoms with E-state index >= 15 is 0 Å². The first kappa shape index (κ1) is 24.8. The zero-order chi connectivity index (χ0) is 29.6. The van der Waals surface area contributed by atoms with Gasteiger partial charge in [-0.05, 0) is 100 Å². The molecule has 0 bridgehead atoms. The van der Waals surface area contributed by atoms with Crippen molar-refractivity contribution in [1.82, 2.24) is 9.13 Å². The molecule has 1 aliphatic rings. The Balaban J connectivity index is 1.30. The van der Waals surface area contributed by atoms with Gasteiger partial charge in [-0.25, -0.2) is 0 Å². The maximum atomic E-state index is 2.47. The third-order valence-electron chi connectivity index (χ3n) is 10.1. The molecule has 2 heteroatoms. The molecule has 45 heavy (non-hydrogen) atoms. The first-order valence-electron chi connectivity index (χ1n) is 15.9. The SMILES string of the molecule is Cc1cccc2c3c(c4cc(-n5c6ccccc6c6ccc(-n7c8ccccc8c8ccccc87)cc65)ccc4c12)C=CCC3. The van der Waals surface area contributed by atoms with Gasteiger partial charge in [0.1, 0.15) is 0 Å². The van der Waals surface area contributed by atoms with Crippen LogP contribution in [0, 0.1) is 6.92 Å². The van der Waals surface area contributed by atoms with Gasteiger partial charge in [0.15, 0.2) is 0 Å². The fourth-order valence-electron chi connectivity index (χ4n) is 8.16. The molecule has 0 fully saturated rings. The highest BCUT2D eigenvalue weighted by Gasteiger charge is 2.19. The van der Waals surface area contributed by atoms with Gasteiger partial charge in [0.2, 0.25) is 0 Å². The monoisotopic (exact) mass is 574 g/mol. The lowest BCUT2D eigenvalue weighted by molar-refractivity contribution is 1.00. The Hall–Kier alpha value is -5.60. The van der Waals surface area contributed by atoms with E-state index in [9.17, 15) is 0 Å². The molecule has 2 nitrogen and oxygen atoms in total. The van der Waals surface area contributed by atoms with Crippen molar-refractivity contribution in [3.05, 3.63) is 150 Å². The van der Waals surface area contributed by atoms with Crippen molar-refractivity contribution >= 4 is 71.2 Å². The molecule has 0 saturated carbocycles. The number of nitrogens with zero attached hydrogens (tertiary/aromatic N) is 2. The number of allylic oxidation sites excluding steroid dienone is 1. The van der Waals surface area contributed by atoms with Crippen molar-refractivity contribution in [2.24, 2.45) is 0 Å². The fraction of sp³-hybridized carbons (Fsp3) is 0.0698. The lowest BCUT2D eigenvalue weighted by Gasteiger charge is -2.20. The van der Waals surface area contributed by atoms with E-state index in [-0.39, 0.29) is 0 Å². The molecule has 0 aliphatic heterocycles. The minimum atomic E-state index is 1.09. The van der Waals surface area contributed by atoms with E-state index in [1.165, 1.54) is 93.2 Å². The van der Waals surface area contributed by atoms with E-state index < -0.39 is 0 Å². The topological polar surface area (TPSA) is 9.86 Å². The van der Waals surface area contributed by atoms with Crippen molar-refractivity contribution in [2.75, 3.05) is 0 Å². The van der Waals surface area contributed by atoms with Gasteiger partial charge in [0.25, 0.3) is 0 Å². The largest absolute Gasteiger partial charge is 0.309 e. The summed E-state index contributed by atoms with van der Waals surface area (Å²) in [5.41, 5.74) is 11.5. The highest BCUT2D eigenvalue weighted by molar-refractivity contribution is 6.16. The molecule has 212 valence electrons. The number of fused-ring (bicyclic) bond motifs is 12. The van der Waals surface area contributed by atoms with Crippen LogP contribution in [0.1, 0.15) is 23.1 Å². The van der Waals surface area contributed by atoms with E-state index in [0.717, 1.165) is 12.8 Å². The number of para-hydroxylation sites is 3. The molecule has 10 rings (SSSR count). The van der Waals surface area contributed by atoms with Gasteiger partial charge in [0, 0.05) is 32.9 Å². The molecule has 2 aromatic heterocycles. The summed E-state index contributed by atoms with van der Waals surface area (Å²) in [5, 5.41) is 10.6. The molecule has 0 spiro atoms. The zero-order valence-corrected chi connectivity index (χ0v) is 25.1. The van der Waals surface area contributed by atoms with E-state index in [4.69, 9.17) is 0 Å². The summed E-state index contributed by atoms with van der Waals surface area (Å²) in [6, 6.07) is 47.2. The fourth-order valence-corrected chi connectivity index (χ4v) is 8.16. The first-order valence-corrected chi connectivity index (χ1v) is 15.9. The highest BCUT2D eigenvalue weighted by atomic mass is 15.0. The van der Waals surface area contributed by atoms with Gasteiger partial charge in [-0.3, -0.25) is 0 Å². The van der Waals surface area contributed by atoms with Crippen LogP contribution < -0.4 is 0 Å². The Kier molecular flexibility index (Phi) is 5.07. The second kappa shape index (κ2) is 9.20. The number of benzene rings is 7. The van der Waals surface area contributed by atoms with E-state index in [2.05, 4.69) is 156 Å². The number of rotatable bonds is 2. The molecule has 0 amide bonds. The third-order valence-corrected chi connectivity index (χ3v) is 10.1. The van der Waals surface area contributed by atoms with Crippen LogP contribution in [0.4, 0.5) is 0 Å². The molecule has 0 N–H and O–H groups in total. The average Bonchev–Trinajstić information content (AvgIpc) is 3.61. The van der Waals surface area contributed by atoms with Crippen LogP contribution in [0.15, 0.2) is 133 Å². The first-order chi connectivity index (χ1) is 22.3. The molecule has 9 aromatic rings. The summed E-state index contributed by atoms with van der Waals surface area (Å²) in [6.45, 7) is 2.25. The van der Waals surface area contributed by atoms with Crippen molar-refractivity contribution in [2.45, 2.75) is 19.8 Å². The van der Waals surface area contributed by atoms with Crippen molar-refractivity contribution < 1.29 is 0 Å². The Bertz CT molecular complexity index is 2660. The van der Waals surface area contributed by atoms with Crippen LogP contribution in [0.3, 0.4) is 0 Å². The number of hydrogen-bond acceptors (Lipinski definition) is 0. The molecule has 0 atom stereocenters. The molecule has 7 aromatic carbocycles. The van der Waals surface area contributed by atoms with Crippen molar-refractivity contribution in [3.63, 3.8) is 0 Å². The van der Waals surface area contributed by atoms with Crippen molar-refractivity contribution in [3.8, 4) is 11.4 Å². The zero-order valence-electron chi connectivity index (χ0n) is 25.1. The van der Waals surface area contributed by atoms with Gasteiger partial charge in [-0.1, -0.05) is 97.1 Å². The second-order valence-electron chi connectivity index (χ2n) is 12.5. The highest BCUT2D eigenvalue weighted by Crippen LogP contribution is 2.41.